The van der Waals surface area contributed by atoms with Crippen molar-refractivity contribution in [2.45, 2.75) is 13.8 Å². The van der Waals surface area contributed by atoms with Crippen LogP contribution in [0.25, 0.3) is 28.1 Å². The second kappa shape index (κ2) is 11.8. The third-order valence-corrected chi connectivity index (χ3v) is 13.6. The number of hydrogen-bond acceptors (Lipinski definition) is 0. The molecule has 0 aliphatic carbocycles. The van der Waals surface area contributed by atoms with Crippen molar-refractivity contribution in [2.75, 3.05) is 0 Å². The SMILES string of the molecule is Cc1cccc(-n2c(C)c(-c3ccccc3)c([Si](c3ccccc3)(c3ccccc3)c3ccccc3)c2-c2ccccc2)c1. The Morgan fingerprint density at radius 3 is 1.32 bits per heavy atom. The van der Waals surface area contributed by atoms with Crippen LogP contribution in [0.15, 0.2) is 176 Å². The molecule has 0 bridgehead atoms. The molecule has 0 amide bonds. The average molecular weight is 582 g/mol. The van der Waals surface area contributed by atoms with Crippen LogP contribution < -0.4 is 20.7 Å². The van der Waals surface area contributed by atoms with Gasteiger partial charge < -0.3 is 4.57 Å². The summed E-state index contributed by atoms with van der Waals surface area (Å²) < 4.78 is 2.52. The van der Waals surface area contributed by atoms with Gasteiger partial charge in [0, 0.05) is 16.9 Å². The first-order valence-electron chi connectivity index (χ1n) is 15.3. The maximum absolute atomic E-state index is 2.93. The van der Waals surface area contributed by atoms with E-state index in [-0.39, 0.29) is 0 Å². The van der Waals surface area contributed by atoms with E-state index in [0.29, 0.717) is 0 Å². The topological polar surface area (TPSA) is 4.93 Å². The van der Waals surface area contributed by atoms with E-state index in [1.807, 2.05) is 0 Å². The minimum Gasteiger partial charge on any atom is -0.313 e. The number of rotatable bonds is 7. The second-order valence-electron chi connectivity index (χ2n) is 11.4. The van der Waals surface area contributed by atoms with Gasteiger partial charge in [-0.25, -0.2) is 0 Å². The fourth-order valence-corrected chi connectivity index (χ4v) is 12.2. The van der Waals surface area contributed by atoms with Gasteiger partial charge in [0.25, 0.3) is 0 Å². The van der Waals surface area contributed by atoms with Gasteiger partial charge in [0.15, 0.2) is 8.07 Å². The van der Waals surface area contributed by atoms with Crippen molar-refractivity contribution < 1.29 is 0 Å². The Kier molecular flexibility index (Phi) is 7.43. The van der Waals surface area contributed by atoms with Crippen LogP contribution >= 0.6 is 0 Å². The molecule has 2 heteroatoms. The minimum atomic E-state index is -2.93. The maximum atomic E-state index is 2.52. The van der Waals surface area contributed by atoms with Crippen LogP contribution in [0.2, 0.25) is 0 Å². The molecule has 6 aromatic carbocycles. The Bertz CT molecular complexity index is 1900. The zero-order chi connectivity index (χ0) is 29.9. The van der Waals surface area contributed by atoms with E-state index in [9.17, 15) is 0 Å². The third kappa shape index (κ3) is 4.65. The van der Waals surface area contributed by atoms with Gasteiger partial charge in [0.05, 0.1) is 5.69 Å². The van der Waals surface area contributed by atoms with E-state index in [0.717, 1.165) is 0 Å². The molecule has 0 saturated carbocycles. The lowest BCUT2D eigenvalue weighted by Crippen LogP contribution is -2.75. The summed E-state index contributed by atoms with van der Waals surface area (Å²) in [6.07, 6.45) is 0. The summed E-state index contributed by atoms with van der Waals surface area (Å²) in [7, 11) is -2.93. The molecule has 0 spiro atoms. The molecular weight excluding hydrogens is 547 g/mol. The molecule has 1 heterocycles. The lowest BCUT2D eigenvalue weighted by molar-refractivity contribution is 1.02. The molecule has 1 aromatic heterocycles. The summed E-state index contributed by atoms with van der Waals surface area (Å²) in [6.45, 7) is 4.49. The molecule has 1 nitrogen and oxygen atoms in total. The average Bonchev–Trinajstić information content (AvgIpc) is 3.40. The lowest BCUT2D eigenvalue weighted by atomic mass is 10.0. The largest absolute Gasteiger partial charge is 0.313 e. The smallest absolute Gasteiger partial charge is 0.182 e. The van der Waals surface area contributed by atoms with Crippen molar-refractivity contribution in [3.8, 4) is 28.1 Å². The first kappa shape index (κ1) is 27.6. The van der Waals surface area contributed by atoms with Crippen molar-refractivity contribution in [1.29, 1.82) is 0 Å². The molecule has 0 aliphatic rings. The zero-order valence-corrected chi connectivity index (χ0v) is 26.2. The number of aryl methyl sites for hydroxylation is 1. The summed E-state index contributed by atoms with van der Waals surface area (Å²) >= 11 is 0. The molecule has 7 rings (SSSR count). The van der Waals surface area contributed by atoms with Crippen molar-refractivity contribution in [3.63, 3.8) is 0 Å². The van der Waals surface area contributed by atoms with Crippen LogP contribution in [0.4, 0.5) is 0 Å². The highest BCUT2D eigenvalue weighted by atomic mass is 28.3. The van der Waals surface area contributed by atoms with Gasteiger partial charge in [-0.1, -0.05) is 164 Å². The predicted molar refractivity (Wildman–Crippen MR) is 190 cm³/mol. The van der Waals surface area contributed by atoms with Crippen LogP contribution in [0, 0.1) is 13.8 Å². The Labute approximate surface area is 261 Å². The minimum absolute atomic E-state index is 1.18. The van der Waals surface area contributed by atoms with Crippen LogP contribution in [-0.2, 0) is 0 Å². The number of benzene rings is 6. The summed E-state index contributed by atoms with van der Waals surface area (Å²) in [5.41, 5.74) is 8.70. The Morgan fingerprint density at radius 1 is 0.432 bits per heavy atom. The molecule has 0 unspecified atom stereocenters. The van der Waals surface area contributed by atoms with Gasteiger partial charge in [-0.15, -0.1) is 0 Å². The van der Waals surface area contributed by atoms with Crippen LogP contribution in [0.1, 0.15) is 11.3 Å². The van der Waals surface area contributed by atoms with E-state index < -0.39 is 8.07 Å². The van der Waals surface area contributed by atoms with Gasteiger partial charge in [0.1, 0.15) is 0 Å². The third-order valence-electron chi connectivity index (χ3n) is 8.77. The van der Waals surface area contributed by atoms with E-state index in [1.165, 1.54) is 60.1 Å². The molecule has 7 aromatic rings. The van der Waals surface area contributed by atoms with Crippen molar-refractivity contribution >= 4 is 28.8 Å². The van der Waals surface area contributed by atoms with Crippen LogP contribution in [-0.4, -0.2) is 12.6 Å². The highest BCUT2D eigenvalue weighted by Crippen LogP contribution is 2.36. The standard InChI is InChI=1S/C42H35NSi/c1-32-19-18-24-36(31-32)43-33(2)40(34-20-8-3-9-21-34)42(41(43)35-22-10-4-11-23-35)44(37-25-12-5-13-26-37,38-27-14-6-15-28-38)39-29-16-7-17-30-39/h3-31H,1-2H3. The number of hydrogen-bond donors (Lipinski definition) is 0. The molecular formula is C42H35NSi. The Balaban J connectivity index is 1.78. The van der Waals surface area contributed by atoms with Crippen LogP contribution in [0.5, 0.6) is 0 Å². The molecule has 0 fully saturated rings. The van der Waals surface area contributed by atoms with Crippen molar-refractivity contribution in [2.24, 2.45) is 0 Å². The predicted octanol–water partition coefficient (Wildman–Crippen LogP) is 7.81. The van der Waals surface area contributed by atoms with Gasteiger partial charge >= 0.3 is 0 Å². The summed E-state index contributed by atoms with van der Waals surface area (Å²) in [5.74, 6) is 0. The van der Waals surface area contributed by atoms with E-state index in [2.05, 4.69) is 194 Å². The first-order chi connectivity index (χ1) is 21.7. The molecule has 0 atom stereocenters. The fraction of sp³-hybridized carbons (Fsp3) is 0.0476. The molecule has 0 saturated heterocycles. The number of aromatic nitrogens is 1. The van der Waals surface area contributed by atoms with Crippen LogP contribution in [0.3, 0.4) is 0 Å². The molecule has 0 radical (unpaired) electrons. The summed E-state index contributed by atoms with van der Waals surface area (Å²) in [5, 5.41) is 5.52. The lowest BCUT2D eigenvalue weighted by Gasteiger charge is -2.36. The number of nitrogens with zero attached hydrogens (tertiary/aromatic N) is 1. The monoisotopic (exact) mass is 581 g/mol. The maximum Gasteiger partial charge on any atom is 0.182 e. The highest BCUT2D eigenvalue weighted by Gasteiger charge is 2.47. The Morgan fingerprint density at radius 2 is 0.864 bits per heavy atom. The summed E-state index contributed by atoms with van der Waals surface area (Å²) in [4.78, 5) is 0. The summed E-state index contributed by atoms with van der Waals surface area (Å²) in [6, 6.07) is 64.7. The van der Waals surface area contributed by atoms with Gasteiger partial charge in [-0.2, -0.15) is 0 Å². The van der Waals surface area contributed by atoms with E-state index in [1.54, 1.807) is 0 Å². The zero-order valence-electron chi connectivity index (χ0n) is 25.2. The van der Waals surface area contributed by atoms with Gasteiger partial charge in [0.2, 0.25) is 0 Å². The highest BCUT2D eigenvalue weighted by molar-refractivity contribution is 7.21. The molecule has 0 N–H and O–H groups in total. The molecule has 44 heavy (non-hydrogen) atoms. The molecule has 212 valence electrons. The van der Waals surface area contributed by atoms with E-state index in [4.69, 9.17) is 0 Å². The molecule has 0 aliphatic heterocycles. The Hall–Kier alpha value is -5.18. The first-order valence-corrected chi connectivity index (χ1v) is 17.3. The van der Waals surface area contributed by atoms with Crippen molar-refractivity contribution in [3.05, 3.63) is 187 Å². The quantitative estimate of drug-likeness (QED) is 0.134. The van der Waals surface area contributed by atoms with Crippen molar-refractivity contribution in [1.82, 2.24) is 4.57 Å². The fourth-order valence-electron chi connectivity index (χ4n) is 6.97. The second-order valence-corrected chi connectivity index (χ2v) is 15.2. The van der Waals surface area contributed by atoms with Gasteiger partial charge in [-0.05, 0) is 63.4 Å². The van der Waals surface area contributed by atoms with Gasteiger partial charge in [-0.3, -0.25) is 0 Å². The van der Waals surface area contributed by atoms with E-state index >= 15 is 0 Å². The normalized spacial score (nSPS) is 11.4.